The molecule has 1 rings (SSSR count). The normalized spacial score (nSPS) is 21.7. The fourth-order valence-electron chi connectivity index (χ4n) is 5.68. The number of allylic oxidation sites excluding steroid dienone is 1. The predicted octanol–water partition coefficient (Wildman–Crippen LogP) is 11.3. The zero-order chi connectivity index (χ0) is 27.8. The van der Waals surface area contributed by atoms with E-state index in [-0.39, 0.29) is 6.10 Å². The maximum absolute atomic E-state index is 10.2. The molecule has 1 fully saturated rings. The van der Waals surface area contributed by atoms with E-state index in [4.69, 9.17) is 9.47 Å². The van der Waals surface area contributed by atoms with Gasteiger partial charge in [-0.15, -0.1) is 0 Å². The third-order valence-corrected chi connectivity index (χ3v) is 8.60. The van der Waals surface area contributed by atoms with Gasteiger partial charge in [-0.25, -0.2) is 0 Å². The fraction of sp³-hybridized carbons (Fsp3) is 0.943. The monoisotopic (exact) mass is 537 g/mol. The number of unbranched alkanes of at least 4 members (excludes halogenated alkanes) is 20. The smallest absolute Gasteiger partial charge is 0.225 e. The Morgan fingerprint density at radius 2 is 1.05 bits per heavy atom. The van der Waals surface area contributed by atoms with Crippen LogP contribution in [0.15, 0.2) is 12.3 Å². The summed E-state index contributed by atoms with van der Waals surface area (Å²) in [5.41, 5.74) is 0. The van der Waals surface area contributed by atoms with Crippen molar-refractivity contribution in [3.05, 3.63) is 12.3 Å². The maximum Gasteiger partial charge on any atom is 0.225 e. The van der Waals surface area contributed by atoms with Gasteiger partial charge in [0, 0.05) is 6.42 Å². The van der Waals surface area contributed by atoms with Crippen molar-refractivity contribution in [3.8, 4) is 0 Å². The first-order valence-electron chi connectivity index (χ1n) is 17.1. The summed E-state index contributed by atoms with van der Waals surface area (Å²) in [6.45, 7) is 12.9. The van der Waals surface area contributed by atoms with E-state index < -0.39 is 12.4 Å². The molecule has 1 heterocycles. The lowest BCUT2D eigenvalue weighted by atomic mass is 9.95. The van der Waals surface area contributed by atoms with Gasteiger partial charge in [-0.2, -0.15) is 0 Å². The van der Waals surface area contributed by atoms with Crippen LogP contribution in [-0.4, -0.2) is 23.6 Å². The van der Waals surface area contributed by atoms with Crippen LogP contribution in [0.1, 0.15) is 182 Å². The van der Waals surface area contributed by atoms with Gasteiger partial charge in [0.15, 0.2) is 0 Å². The van der Waals surface area contributed by atoms with Crippen LogP contribution in [0.5, 0.6) is 0 Å². The molecular formula is C35H68O3. The van der Waals surface area contributed by atoms with Crippen LogP contribution in [0.4, 0.5) is 0 Å². The second kappa shape index (κ2) is 24.3. The molecule has 4 unspecified atom stereocenters. The summed E-state index contributed by atoms with van der Waals surface area (Å²) in [7, 11) is 0. The lowest BCUT2D eigenvalue weighted by Gasteiger charge is -2.36. The van der Waals surface area contributed by atoms with Crippen LogP contribution >= 0.6 is 0 Å². The summed E-state index contributed by atoms with van der Waals surface area (Å²) >= 11 is 0. The number of rotatable bonds is 26. The van der Waals surface area contributed by atoms with Crippen LogP contribution in [0.3, 0.4) is 0 Å². The maximum atomic E-state index is 10.2. The number of aliphatic hydroxyl groups excluding tert-OH is 1. The molecule has 1 aliphatic heterocycles. The van der Waals surface area contributed by atoms with E-state index in [0.29, 0.717) is 5.92 Å². The molecule has 3 nitrogen and oxygen atoms in total. The molecule has 1 aliphatic rings. The second-order valence-corrected chi connectivity index (χ2v) is 13.0. The lowest BCUT2D eigenvalue weighted by Crippen LogP contribution is -2.43. The highest BCUT2D eigenvalue weighted by molar-refractivity contribution is 4.86. The third-order valence-electron chi connectivity index (χ3n) is 8.60. The van der Waals surface area contributed by atoms with E-state index in [0.717, 1.165) is 30.9 Å². The molecule has 0 spiro atoms. The van der Waals surface area contributed by atoms with Crippen molar-refractivity contribution in [3.63, 3.8) is 0 Å². The van der Waals surface area contributed by atoms with E-state index in [9.17, 15) is 5.11 Å². The molecule has 226 valence electrons. The van der Waals surface area contributed by atoms with Crippen molar-refractivity contribution < 1.29 is 14.6 Å². The van der Waals surface area contributed by atoms with E-state index in [1.807, 2.05) is 0 Å². The number of ether oxygens (including phenoxy) is 2. The van der Waals surface area contributed by atoms with Gasteiger partial charge in [0.05, 0.1) is 11.9 Å². The third kappa shape index (κ3) is 20.4. The van der Waals surface area contributed by atoms with Crippen molar-refractivity contribution >= 4 is 0 Å². The van der Waals surface area contributed by atoms with Crippen molar-refractivity contribution in [1.29, 1.82) is 0 Å². The Morgan fingerprint density at radius 1 is 0.684 bits per heavy atom. The molecule has 0 amide bonds. The van der Waals surface area contributed by atoms with Gasteiger partial charge in [0.1, 0.15) is 6.10 Å². The quantitative estimate of drug-likeness (QED) is 0.0882. The zero-order valence-corrected chi connectivity index (χ0v) is 26.3. The zero-order valence-electron chi connectivity index (χ0n) is 26.3. The molecule has 0 aromatic heterocycles. The molecule has 0 aliphatic carbocycles. The number of hydrogen-bond donors (Lipinski definition) is 1. The van der Waals surface area contributed by atoms with Crippen molar-refractivity contribution in [1.82, 2.24) is 0 Å². The molecule has 1 saturated heterocycles. The molecule has 38 heavy (non-hydrogen) atoms. The summed E-state index contributed by atoms with van der Waals surface area (Å²) in [6.07, 6.45) is 31.7. The molecule has 3 heteroatoms. The summed E-state index contributed by atoms with van der Waals surface area (Å²) in [4.78, 5) is 0. The molecule has 0 radical (unpaired) electrons. The average molecular weight is 537 g/mol. The van der Waals surface area contributed by atoms with Crippen LogP contribution in [0.25, 0.3) is 0 Å². The second-order valence-electron chi connectivity index (χ2n) is 13.0. The molecule has 0 saturated carbocycles. The van der Waals surface area contributed by atoms with Gasteiger partial charge in [-0.3, -0.25) is 0 Å². The first-order valence-corrected chi connectivity index (χ1v) is 17.1. The molecule has 0 aromatic rings. The first kappa shape index (κ1) is 35.5. The SMILES string of the molecule is C=C(CCCCCCCCCCCCCCCCCCCCCCCC(C)C)OC1OC(C)C(C)CC1O. The Bertz CT molecular complexity index is 531. The van der Waals surface area contributed by atoms with Gasteiger partial charge in [-0.1, -0.05) is 162 Å². The van der Waals surface area contributed by atoms with E-state index in [1.165, 1.54) is 135 Å². The van der Waals surface area contributed by atoms with E-state index in [1.54, 1.807) is 0 Å². The Morgan fingerprint density at radius 3 is 1.45 bits per heavy atom. The van der Waals surface area contributed by atoms with Crippen molar-refractivity contribution in [2.45, 2.75) is 200 Å². The molecule has 0 bridgehead atoms. The standard InChI is InChI=1S/C35H68O3/c1-30(2)27-25-23-21-19-17-15-13-11-9-7-6-8-10-12-14-16-18-20-22-24-26-28-32(4)37-35-34(36)29-31(3)33(5)38-35/h30-31,33-36H,4,6-29H2,1-3,5H3. The van der Waals surface area contributed by atoms with Gasteiger partial charge in [0.2, 0.25) is 6.29 Å². The van der Waals surface area contributed by atoms with Gasteiger partial charge in [0.25, 0.3) is 0 Å². The summed E-state index contributed by atoms with van der Waals surface area (Å²) < 4.78 is 11.6. The number of aliphatic hydroxyl groups is 1. The topological polar surface area (TPSA) is 38.7 Å². The van der Waals surface area contributed by atoms with Gasteiger partial charge < -0.3 is 14.6 Å². The Balaban J connectivity index is 1.74. The lowest BCUT2D eigenvalue weighted by molar-refractivity contribution is -0.235. The Kier molecular flexibility index (Phi) is 22.7. The van der Waals surface area contributed by atoms with E-state index >= 15 is 0 Å². The fourth-order valence-corrected chi connectivity index (χ4v) is 5.68. The molecular weight excluding hydrogens is 468 g/mol. The van der Waals surface area contributed by atoms with Crippen LogP contribution in [0, 0.1) is 11.8 Å². The summed E-state index contributed by atoms with van der Waals surface area (Å²) in [5, 5.41) is 10.2. The number of hydrogen-bond acceptors (Lipinski definition) is 3. The highest BCUT2D eigenvalue weighted by atomic mass is 16.7. The van der Waals surface area contributed by atoms with Crippen molar-refractivity contribution in [2.24, 2.45) is 11.8 Å². The molecule has 0 aromatic carbocycles. The summed E-state index contributed by atoms with van der Waals surface area (Å²) in [5.74, 6) is 2.01. The largest absolute Gasteiger partial charge is 0.467 e. The van der Waals surface area contributed by atoms with Gasteiger partial charge in [-0.05, 0) is 31.6 Å². The Hall–Kier alpha value is -0.540. The van der Waals surface area contributed by atoms with Gasteiger partial charge >= 0.3 is 0 Å². The first-order chi connectivity index (χ1) is 18.4. The highest BCUT2D eigenvalue weighted by Crippen LogP contribution is 2.27. The minimum absolute atomic E-state index is 0.125. The highest BCUT2D eigenvalue weighted by Gasteiger charge is 2.34. The minimum Gasteiger partial charge on any atom is -0.467 e. The van der Waals surface area contributed by atoms with Crippen molar-refractivity contribution in [2.75, 3.05) is 0 Å². The van der Waals surface area contributed by atoms with Crippen LogP contribution in [-0.2, 0) is 9.47 Å². The summed E-state index contributed by atoms with van der Waals surface area (Å²) in [6, 6.07) is 0. The van der Waals surface area contributed by atoms with Crippen LogP contribution in [0.2, 0.25) is 0 Å². The molecule has 4 atom stereocenters. The minimum atomic E-state index is -0.545. The predicted molar refractivity (Wildman–Crippen MR) is 165 cm³/mol. The average Bonchev–Trinajstić information content (AvgIpc) is 2.87. The molecule has 1 N–H and O–H groups in total. The Labute approximate surface area is 238 Å². The van der Waals surface area contributed by atoms with E-state index in [2.05, 4.69) is 34.3 Å². The van der Waals surface area contributed by atoms with Crippen LogP contribution < -0.4 is 0 Å².